The zero-order valence-corrected chi connectivity index (χ0v) is 8.32. The molecule has 0 atom stereocenters. The standard InChI is InChI=1S/C10H17N3O/c14-5-1-4-11-6-10-7-12-8-13(10)9-2-3-9/h7-9,11,14H,1-6H2. The molecule has 1 fully saturated rings. The molecule has 2 rings (SSSR count). The van der Waals surface area contributed by atoms with Gasteiger partial charge in [0.2, 0.25) is 0 Å². The van der Waals surface area contributed by atoms with E-state index in [2.05, 4.69) is 14.9 Å². The van der Waals surface area contributed by atoms with Gasteiger partial charge in [-0.1, -0.05) is 0 Å². The monoisotopic (exact) mass is 195 g/mol. The molecule has 0 spiro atoms. The van der Waals surface area contributed by atoms with Crippen molar-refractivity contribution >= 4 is 0 Å². The van der Waals surface area contributed by atoms with Crippen LogP contribution in [0.2, 0.25) is 0 Å². The van der Waals surface area contributed by atoms with Crippen molar-refractivity contribution < 1.29 is 5.11 Å². The zero-order chi connectivity index (χ0) is 9.80. The molecular weight excluding hydrogens is 178 g/mol. The van der Waals surface area contributed by atoms with E-state index in [1.54, 1.807) is 0 Å². The smallest absolute Gasteiger partial charge is 0.0951 e. The van der Waals surface area contributed by atoms with Crippen LogP contribution in [-0.2, 0) is 6.54 Å². The summed E-state index contributed by atoms with van der Waals surface area (Å²) in [5, 5.41) is 11.9. The third kappa shape index (κ3) is 2.33. The lowest BCUT2D eigenvalue weighted by molar-refractivity contribution is 0.286. The molecule has 1 aliphatic carbocycles. The first-order chi connectivity index (χ1) is 6.92. The van der Waals surface area contributed by atoms with Crippen molar-refractivity contribution in [2.24, 2.45) is 0 Å². The Hall–Kier alpha value is -0.870. The summed E-state index contributed by atoms with van der Waals surface area (Å²) < 4.78 is 2.26. The van der Waals surface area contributed by atoms with Crippen molar-refractivity contribution in [3.05, 3.63) is 18.2 Å². The van der Waals surface area contributed by atoms with Crippen molar-refractivity contribution in [2.45, 2.75) is 31.8 Å². The summed E-state index contributed by atoms with van der Waals surface area (Å²) in [5.41, 5.74) is 1.26. The highest BCUT2D eigenvalue weighted by Crippen LogP contribution is 2.35. The number of aliphatic hydroxyl groups excluding tert-OH is 1. The molecule has 1 heterocycles. The van der Waals surface area contributed by atoms with Gasteiger partial charge in [-0.2, -0.15) is 0 Å². The minimum atomic E-state index is 0.259. The molecule has 2 N–H and O–H groups in total. The molecular formula is C10H17N3O. The Morgan fingerprint density at radius 3 is 3.14 bits per heavy atom. The molecule has 1 aromatic heterocycles. The van der Waals surface area contributed by atoms with E-state index >= 15 is 0 Å². The molecule has 4 heteroatoms. The van der Waals surface area contributed by atoms with Gasteiger partial charge in [-0.15, -0.1) is 0 Å². The van der Waals surface area contributed by atoms with Gasteiger partial charge in [-0.05, 0) is 25.8 Å². The molecule has 0 saturated heterocycles. The second kappa shape index (κ2) is 4.57. The van der Waals surface area contributed by atoms with Crippen molar-refractivity contribution in [1.82, 2.24) is 14.9 Å². The Balaban J connectivity index is 1.80. The van der Waals surface area contributed by atoms with Crippen LogP contribution in [0.25, 0.3) is 0 Å². The number of imidazole rings is 1. The van der Waals surface area contributed by atoms with Gasteiger partial charge in [0.1, 0.15) is 0 Å². The first-order valence-electron chi connectivity index (χ1n) is 5.24. The first-order valence-corrected chi connectivity index (χ1v) is 5.24. The first kappa shape index (κ1) is 9.68. The van der Waals surface area contributed by atoms with Crippen LogP contribution in [0.3, 0.4) is 0 Å². The molecule has 4 nitrogen and oxygen atoms in total. The van der Waals surface area contributed by atoms with Crippen LogP contribution in [0, 0.1) is 0 Å². The van der Waals surface area contributed by atoms with E-state index in [1.807, 2.05) is 12.5 Å². The lowest BCUT2D eigenvalue weighted by Gasteiger charge is -2.07. The number of rotatable bonds is 6. The van der Waals surface area contributed by atoms with Crippen LogP contribution in [0.15, 0.2) is 12.5 Å². The summed E-state index contributed by atoms with van der Waals surface area (Å²) in [6.07, 6.45) is 7.24. The maximum Gasteiger partial charge on any atom is 0.0951 e. The van der Waals surface area contributed by atoms with Crippen LogP contribution in [0.4, 0.5) is 0 Å². The predicted octanol–water partition coefficient (Wildman–Crippen LogP) is 0.690. The third-order valence-electron chi connectivity index (χ3n) is 2.50. The number of nitrogens with one attached hydrogen (secondary N) is 1. The van der Waals surface area contributed by atoms with Gasteiger partial charge < -0.3 is 15.0 Å². The number of aromatic nitrogens is 2. The fourth-order valence-electron chi connectivity index (χ4n) is 1.57. The van der Waals surface area contributed by atoms with E-state index in [0.29, 0.717) is 6.04 Å². The van der Waals surface area contributed by atoms with E-state index in [1.165, 1.54) is 18.5 Å². The molecule has 0 unspecified atom stereocenters. The fraction of sp³-hybridized carbons (Fsp3) is 0.700. The lowest BCUT2D eigenvalue weighted by Crippen LogP contribution is -2.17. The highest BCUT2D eigenvalue weighted by molar-refractivity contribution is 5.03. The second-order valence-electron chi connectivity index (χ2n) is 3.78. The lowest BCUT2D eigenvalue weighted by atomic mass is 10.4. The van der Waals surface area contributed by atoms with Gasteiger partial charge in [-0.3, -0.25) is 0 Å². The number of hydrogen-bond acceptors (Lipinski definition) is 3. The fourth-order valence-corrected chi connectivity index (χ4v) is 1.57. The summed E-state index contributed by atoms with van der Waals surface area (Å²) in [5.74, 6) is 0. The molecule has 1 saturated carbocycles. The number of aliphatic hydroxyl groups is 1. The Kier molecular flexibility index (Phi) is 3.16. The second-order valence-corrected chi connectivity index (χ2v) is 3.78. The van der Waals surface area contributed by atoms with E-state index in [4.69, 9.17) is 5.11 Å². The quantitative estimate of drug-likeness (QED) is 0.657. The maximum atomic E-state index is 8.62. The molecule has 78 valence electrons. The zero-order valence-electron chi connectivity index (χ0n) is 8.32. The van der Waals surface area contributed by atoms with Crippen molar-refractivity contribution in [3.63, 3.8) is 0 Å². The minimum absolute atomic E-state index is 0.259. The van der Waals surface area contributed by atoms with Crippen LogP contribution in [-0.4, -0.2) is 27.8 Å². The highest BCUT2D eigenvalue weighted by Gasteiger charge is 2.24. The van der Waals surface area contributed by atoms with Crippen LogP contribution < -0.4 is 5.32 Å². The minimum Gasteiger partial charge on any atom is -0.396 e. The molecule has 1 aromatic rings. The Labute approximate surface area is 84.0 Å². The SMILES string of the molecule is OCCCNCc1cncn1C1CC1. The largest absolute Gasteiger partial charge is 0.396 e. The van der Waals surface area contributed by atoms with Gasteiger partial charge in [0.15, 0.2) is 0 Å². The average Bonchev–Trinajstić information content (AvgIpc) is 2.94. The van der Waals surface area contributed by atoms with Gasteiger partial charge >= 0.3 is 0 Å². The molecule has 0 bridgehead atoms. The maximum absolute atomic E-state index is 8.62. The van der Waals surface area contributed by atoms with Crippen molar-refractivity contribution in [2.75, 3.05) is 13.2 Å². The molecule has 1 aliphatic rings. The van der Waals surface area contributed by atoms with Gasteiger partial charge in [-0.25, -0.2) is 4.98 Å². The average molecular weight is 195 g/mol. The van der Waals surface area contributed by atoms with Crippen LogP contribution in [0.1, 0.15) is 31.0 Å². The topological polar surface area (TPSA) is 50.1 Å². The van der Waals surface area contributed by atoms with E-state index in [9.17, 15) is 0 Å². The van der Waals surface area contributed by atoms with E-state index < -0.39 is 0 Å². The summed E-state index contributed by atoms with van der Waals surface area (Å²) in [7, 11) is 0. The van der Waals surface area contributed by atoms with Gasteiger partial charge in [0, 0.05) is 25.4 Å². The Bertz CT molecular complexity index is 281. The van der Waals surface area contributed by atoms with Crippen molar-refractivity contribution in [3.8, 4) is 0 Å². The predicted molar refractivity (Wildman–Crippen MR) is 53.9 cm³/mol. The Morgan fingerprint density at radius 1 is 1.57 bits per heavy atom. The molecule has 0 radical (unpaired) electrons. The Morgan fingerprint density at radius 2 is 2.43 bits per heavy atom. The summed E-state index contributed by atoms with van der Waals surface area (Å²) in [4.78, 5) is 4.16. The van der Waals surface area contributed by atoms with E-state index in [-0.39, 0.29) is 6.61 Å². The van der Waals surface area contributed by atoms with Crippen molar-refractivity contribution in [1.29, 1.82) is 0 Å². The molecule has 0 aliphatic heterocycles. The third-order valence-corrected chi connectivity index (χ3v) is 2.50. The normalized spacial score (nSPS) is 16.1. The molecule has 0 aromatic carbocycles. The van der Waals surface area contributed by atoms with Gasteiger partial charge in [0.25, 0.3) is 0 Å². The van der Waals surface area contributed by atoms with E-state index in [0.717, 1.165) is 19.5 Å². The highest BCUT2D eigenvalue weighted by atomic mass is 16.3. The van der Waals surface area contributed by atoms with Gasteiger partial charge in [0.05, 0.1) is 12.0 Å². The number of hydrogen-bond donors (Lipinski definition) is 2. The molecule has 0 amide bonds. The van der Waals surface area contributed by atoms with Crippen LogP contribution in [0.5, 0.6) is 0 Å². The summed E-state index contributed by atoms with van der Waals surface area (Å²) >= 11 is 0. The molecule has 14 heavy (non-hydrogen) atoms. The summed E-state index contributed by atoms with van der Waals surface area (Å²) in [6.45, 7) is 1.98. The summed E-state index contributed by atoms with van der Waals surface area (Å²) in [6, 6.07) is 0.701. The number of nitrogens with zero attached hydrogens (tertiary/aromatic N) is 2. The van der Waals surface area contributed by atoms with Crippen LogP contribution >= 0.6 is 0 Å².